The monoisotopic (exact) mass is 225 g/mol. The molecule has 0 unspecified atom stereocenters. The second-order valence-electron chi connectivity index (χ2n) is 4.07. The van der Waals surface area contributed by atoms with Gasteiger partial charge in [0.25, 0.3) is 0 Å². The highest BCUT2D eigenvalue weighted by atomic mass is 35.5. The molecule has 2 aromatic rings. The molecule has 0 spiro atoms. The van der Waals surface area contributed by atoms with Crippen molar-refractivity contribution in [3.05, 3.63) is 29.2 Å². The first-order valence-corrected chi connectivity index (χ1v) is 5.35. The molecule has 15 heavy (non-hydrogen) atoms. The first-order valence-electron chi connectivity index (χ1n) is 4.97. The molecular weight excluding hydrogens is 210 g/mol. The summed E-state index contributed by atoms with van der Waals surface area (Å²) in [5, 5.41) is 4.64. The largest absolute Gasteiger partial charge is 0.219 e. The third-order valence-electron chi connectivity index (χ3n) is 1.42. The summed E-state index contributed by atoms with van der Waals surface area (Å²) >= 11 is 5.66. The molecule has 0 saturated heterocycles. The second-order valence-corrected chi connectivity index (χ2v) is 4.46. The molecule has 0 atom stereocenters. The van der Waals surface area contributed by atoms with E-state index >= 15 is 0 Å². The standard InChI is InChI=1S/C7H6ClN3.C4H10/c1-5-2-3-7-9-6(8)4-11(7)10-5;1-4(2)3/h2-4H,1H3;4H,1-3H3. The molecule has 2 heterocycles. The van der Waals surface area contributed by atoms with E-state index < -0.39 is 0 Å². The molecule has 3 nitrogen and oxygen atoms in total. The van der Waals surface area contributed by atoms with Crippen LogP contribution in [0.4, 0.5) is 0 Å². The van der Waals surface area contributed by atoms with Gasteiger partial charge in [0.15, 0.2) is 5.65 Å². The second kappa shape index (κ2) is 5.12. The van der Waals surface area contributed by atoms with Crippen molar-refractivity contribution in [2.24, 2.45) is 5.92 Å². The van der Waals surface area contributed by atoms with Gasteiger partial charge in [0, 0.05) is 0 Å². The van der Waals surface area contributed by atoms with Crippen LogP contribution in [0.2, 0.25) is 5.15 Å². The summed E-state index contributed by atoms with van der Waals surface area (Å²) < 4.78 is 1.66. The van der Waals surface area contributed by atoms with Crippen LogP contribution in [-0.2, 0) is 0 Å². The van der Waals surface area contributed by atoms with Gasteiger partial charge in [-0.05, 0) is 25.0 Å². The molecule has 0 aliphatic heterocycles. The van der Waals surface area contributed by atoms with Gasteiger partial charge < -0.3 is 0 Å². The van der Waals surface area contributed by atoms with Crippen LogP contribution < -0.4 is 0 Å². The number of hydrogen-bond donors (Lipinski definition) is 0. The van der Waals surface area contributed by atoms with Crippen molar-refractivity contribution < 1.29 is 0 Å². The molecule has 0 bridgehead atoms. The van der Waals surface area contributed by atoms with Crippen LogP contribution >= 0.6 is 11.6 Å². The van der Waals surface area contributed by atoms with Gasteiger partial charge in [-0.3, -0.25) is 0 Å². The van der Waals surface area contributed by atoms with Crippen LogP contribution in [0.25, 0.3) is 5.65 Å². The van der Waals surface area contributed by atoms with Crippen molar-refractivity contribution in [1.29, 1.82) is 0 Å². The Morgan fingerprint density at radius 2 is 1.87 bits per heavy atom. The van der Waals surface area contributed by atoms with E-state index in [2.05, 4.69) is 30.9 Å². The Hall–Kier alpha value is -1.09. The summed E-state index contributed by atoms with van der Waals surface area (Å²) in [6.45, 7) is 8.42. The number of imidazole rings is 1. The molecule has 0 radical (unpaired) electrons. The molecular formula is C11H16ClN3. The third-order valence-corrected chi connectivity index (χ3v) is 1.61. The number of hydrogen-bond acceptors (Lipinski definition) is 2. The van der Waals surface area contributed by atoms with Gasteiger partial charge in [-0.25, -0.2) is 9.50 Å². The van der Waals surface area contributed by atoms with Crippen LogP contribution in [0.1, 0.15) is 26.5 Å². The Bertz CT molecular complexity index is 432. The molecule has 0 amide bonds. The number of nitrogens with zero attached hydrogens (tertiary/aromatic N) is 3. The smallest absolute Gasteiger partial charge is 0.155 e. The van der Waals surface area contributed by atoms with E-state index in [4.69, 9.17) is 11.6 Å². The number of rotatable bonds is 0. The quantitative estimate of drug-likeness (QED) is 0.688. The van der Waals surface area contributed by atoms with Gasteiger partial charge in [0.1, 0.15) is 5.15 Å². The van der Waals surface area contributed by atoms with E-state index in [9.17, 15) is 0 Å². The average Bonchev–Trinajstić information content (AvgIpc) is 2.42. The lowest BCUT2D eigenvalue weighted by Crippen LogP contribution is -1.91. The molecule has 0 saturated carbocycles. The molecule has 0 aliphatic carbocycles. The number of aryl methyl sites for hydroxylation is 1. The average molecular weight is 226 g/mol. The van der Waals surface area contributed by atoms with E-state index in [1.165, 1.54) is 0 Å². The molecule has 2 aromatic heterocycles. The van der Waals surface area contributed by atoms with Gasteiger partial charge in [-0.1, -0.05) is 32.4 Å². The first-order chi connectivity index (χ1) is 6.99. The van der Waals surface area contributed by atoms with Crippen LogP contribution in [0.5, 0.6) is 0 Å². The summed E-state index contributed by atoms with van der Waals surface area (Å²) in [5.41, 5.74) is 1.73. The predicted octanol–water partition coefficient (Wildman–Crippen LogP) is 3.35. The lowest BCUT2D eigenvalue weighted by Gasteiger charge is -1.91. The van der Waals surface area contributed by atoms with Crippen molar-refractivity contribution >= 4 is 17.2 Å². The summed E-state index contributed by atoms with van der Waals surface area (Å²) in [5.74, 6) is 0.833. The summed E-state index contributed by atoms with van der Waals surface area (Å²) in [6, 6.07) is 3.78. The zero-order chi connectivity index (χ0) is 11.4. The third kappa shape index (κ3) is 3.88. The van der Waals surface area contributed by atoms with Crippen molar-refractivity contribution in [3.8, 4) is 0 Å². The number of aromatic nitrogens is 3. The summed E-state index contributed by atoms with van der Waals surface area (Å²) in [6.07, 6.45) is 1.68. The zero-order valence-electron chi connectivity index (χ0n) is 9.53. The Labute approximate surface area is 95.1 Å². The van der Waals surface area contributed by atoms with Crippen LogP contribution in [0, 0.1) is 12.8 Å². The highest BCUT2D eigenvalue weighted by Crippen LogP contribution is 2.07. The maximum atomic E-state index is 5.66. The fourth-order valence-corrected chi connectivity index (χ4v) is 1.13. The fourth-order valence-electron chi connectivity index (χ4n) is 0.949. The summed E-state index contributed by atoms with van der Waals surface area (Å²) in [7, 11) is 0. The van der Waals surface area contributed by atoms with Gasteiger partial charge in [-0.15, -0.1) is 0 Å². The first kappa shape index (κ1) is 12.0. The van der Waals surface area contributed by atoms with Crippen LogP contribution in [-0.4, -0.2) is 14.6 Å². The SMILES string of the molecule is CC(C)C.Cc1ccc2nc(Cl)cn2n1. The Balaban J connectivity index is 0.000000245. The fraction of sp³-hybridized carbons (Fsp3) is 0.455. The normalized spacial score (nSPS) is 10.3. The van der Waals surface area contributed by atoms with Crippen molar-refractivity contribution in [2.75, 3.05) is 0 Å². The van der Waals surface area contributed by atoms with Crippen molar-refractivity contribution in [2.45, 2.75) is 27.7 Å². The molecule has 82 valence electrons. The van der Waals surface area contributed by atoms with Gasteiger partial charge in [0.2, 0.25) is 0 Å². The van der Waals surface area contributed by atoms with Gasteiger partial charge in [-0.2, -0.15) is 5.10 Å². The van der Waals surface area contributed by atoms with Crippen LogP contribution in [0.15, 0.2) is 18.3 Å². The maximum Gasteiger partial charge on any atom is 0.155 e. The highest BCUT2D eigenvalue weighted by molar-refractivity contribution is 6.29. The minimum absolute atomic E-state index is 0.475. The van der Waals surface area contributed by atoms with E-state index in [1.54, 1.807) is 10.7 Å². The molecule has 0 N–H and O–H groups in total. The van der Waals surface area contributed by atoms with Crippen molar-refractivity contribution in [1.82, 2.24) is 14.6 Å². The minimum Gasteiger partial charge on any atom is -0.219 e. The molecule has 2 rings (SSSR count). The van der Waals surface area contributed by atoms with Crippen molar-refractivity contribution in [3.63, 3.8) is 0 Å². The topological polar surface area (TPSA) is 30.2 Å². The van der Waals surface area contributed by atoms with Gasteiger partial charge >= 0.3 is 0 Å². The van der Waals surface area contributed by atoms with Gasteiger partial charge in [0.05, 0.1) is 11.9 Å². The Kier molecular flexibility index (Phi) is 4.09. The lowest BCUT2D eigenvalue weighted by atomic mass is 10.3. The maximum absolute atomic E-state index is 5.66. The summed E-state index contributed by atoms with van der Waals surface area (Å²) in [4.78, 5) is 4.02. The molecule has 0 aromatic carbocycles. The Morgan fingerprint density at radius 1 is 1.27 bits per heavy atom. The minimum atomic E-state index is 0.475. The van der Waals surface area contributed by atoms with Crippen LogP contribution in [0.3, 0.4) is 0 Å². The van der Waals surface area contributed by atoms with E-state index in [0.717, 1.165) is 17.3 Å². The molecule has 0 aliphatic rings. The van der Waals surface area contributed by atoms with E-state index in [0.29, 0.717) is 5.15 Å². The molecule has 4 heteroatoms. The van der Waals surface area contributed by atoms with E-state index in [1.807, 2.05) is 19.1 Å². The van der Waals surface area contributed by atoms with E-state index in [-0.39, 0.29) is 0 Å². The Morgan fingerprint density at radius 3 is 2.47 bits per heavy atom. The lowest BCUT2D eigenvalue weighted by molar-refractivity contribution is 0.737. The number of fused-ring (bicyclic) bond motifs is 1. The predicted molar refractivity (Wildman–Crippen MR) is 63.2 cm³/mol. The number of halogens is 1. The zero-order valence-corrected chi connectivity index (χ0v) is 10.3. The molecule has 0 fully saturated rings. The highest BCUT2D eigenvalue weighted by Gasteiger charge is 1.97.